The topological polar surface area (TPSA) is 102 Å². The highest BCUT2D eigenvalue weighted by molar-refractivity contribution is 5.70. The Morgan fingerprint density at radius 2 is 0.828 bits per heavy atom. The van der Waals surface area contributed by atoms with Crippen molar-refractivity contribution >= 4 is 17.9 Å². The van der Waals surface area contributed by atoms with Crippen LogP contribution in [-0.4, -0.2) is 75.5 Å². The van der Waals surface area contributed by atoms with E-state index in [0.717, 1.165) is 44.9 Å². The number of hydrogen-bond donors (Lipinski definition) is 0. The zero-order chi connectivity index (χ0) is 47.0. The van der Waals surface area contributed by atoms with Crippen LogP contribution in [-0.2, 0) is 28.6 Å². The highest BCUT2D eigenvalue weighted by atomic mass is 16.6. The van der Waals surface area contributed by atoms with E-state index in [1.54, 1.807) is 0 Å². The highest BCUT2D eigenvalue weighted by Gasteiger charge is 2.25. The van der Waals surface area contributed by atoms with Gasteiger partial charge in [0.05, 0.1) is 40.3 Å². The summed E-state index contributed by atoms with van der Waals surface area (Å²) in [6.07, 6.45) is 54.9. The summed E-state index contributed by atoms with van der Waals surface area (Å²) in [7, 11) is 5.43. The van der Waals surface area contributed by atoms with Gasteiger partial charge in [-0.25, -0.2) is 0 Å². The van der Waals surface area contributed by atoms with Crippen molar-refractivity contribution < 1.29 is 38.2 Å². The molecule has 0 radical (unpaired) electrons. The van der Waals surface area contributed by atoms with Crippen molar-refractivity contribution in [3.63, 3.8) is 0 Å². The number of carbonyl (C=O) groups excluding carboxylic acids is 3. The lowest BCUT2D eigenvalue weighted by Gasteiger charge is -2.34. The number of carboxylic acid groups (broad SMARTS) is 1. The smallest absolute Gasteiger partial charge is 0.306 e. The molecule has 0 spiro atoms. The van der Waals surface area contributed by atoms with Crippen LogP contribution in [0, 0.1) is 0 Å². The maximum atomic E-state index is 12.8. The average molecular weight is 904 g/mol. The van der Waals surface area contributed by atoms with Crippen molar-refractivity contribution in [2.24, 2.45) is 0 Å². The van der Waals surface area contributed by atoms with Gasteiger partial charge in [0, 0.05) is 19.3 Å². The number of quaternary nitrogens is 1. The molecule has 376 valence electrons. The summed E-state index contributed by atoms with van der Waals surface area (Å²) >= 11 is 0. The molecule has 0 heterocycles. The molecule has 0 aliphatic rings. The van der Waals surface area contributed by atoms with Crippen LogP contribution in [0.25, 0.3) is 0 Å². The van der Waals surface area contributed by atoms with Crippen molar-refractivity contribution in [3.05, 3.63) is 24.3 Å². The minimum Gasteiger partial charge on any atom is -0.544 e. The molecule has 2 unspecified atom stereocenters. The predicted octanol–water partition coefficient (Wildman–Crippen LogP) is 14.6. The molecule has 2 atom stereocenters. The number of ether oxygens (including phenoxy) is 3. The first-order valence-electron chi connectivity index (χ1n) is 27.4. The Balaban J connectivity index is 4.17. The van der Waals surface area contributed by atoms with Crippen LogP contribution in [0.1, 0.15) is 264 Å². The molecule has 0 bridgehead atoms. The summed E-state index contributed by atoms with van der Waals surface area (Å²) in [5, 5.41) is 11.7. The number of likely N-dealkylation sites (N-methyl/N-ethyl adjacent to an activating group) is 1. The molecular formula is C56H105NO7. The van der Waals surface area contributed by atoms with Crippen molar-refractivity contribution in [1.82, 2.24) is 0 Å². The van der Waals surface area contributed by atoms with Gasteiger partial charge in [0.25, 0.3) is 0 Å². The quantitative estimate of drug-likeness (QED) is 0.0259. The van der Waals surface area contributed by atoms with E-state index in [9.17, 15) is 19.5 Å². The van der Waals surface area contributed by atoms with E-state index in [1.807, 2.05) is 21.1 Å². The van der Waals surface area contributed by atoms with Crippen LogP contribution in [0.4, 0.5) is 0 Å². The third-order valence-electron chi connectivity index (χ3n) is 12.6. The van der Waals surface area contributed by atoms with Crippen molar-refractivity contribution in [1.29, 1.82) is 0 Å². The Bertz CT molecular complexity index is 1100. The number of unbranched alkanes of at least 4 members (excludes halogenated alkanes) is 32. The van der Waals surface area contributed by atoms with E-state index in [2.05, 4.69) is 38.2 Å². The van der Waals surface area contributed by atoms with Gasteiger partial charge in [0.2, 0.25) is 0 Å². The molecule has 64 heavy (non-hydrogen) atoms. The number of carboxylic acids is 1. The molecule has 8 nitrogen and oxygen atoms in total. The fraction of sp³-hybridized carbons (Fsp3) is 0.875. The number of nitrogens with zero attached hydrogens (tertiary/aromatic N) is 1. The highest BCUT2D eigenvalue weighted by Crippen LogP contribution is 2.17. The van der Waals surface area contributed by atoms with E-state index in [1.165, 1.54) is 186 Å². The van der Waals surface area contributed by atoms with Gasteiger partial charge in [-0.2, -0.15) is 0 Å². The third-order valence-corrected chi connectivity index (χ3v) is 12.6. The van der Waals surface area contributed by atoms with Gasteiger partial charge in [-0.3, -0.25) is 9.59 Å². The predicted molar refractivity (Wildman–Crippen MR) is 268 cm³/mol. The first-order valence-corrected chi connectivity index (χ1v) is 27.4. The SMILES string of the molecule is CCCCCCC/C=C\C/C=C\CCCCCCCCCCCCCC(=O)OC(COCCC(C(=O)[O-])[N+](C)(C)C)COC(=O)CCCCCCCCCCCCCCCCCCC. The Kier molecular flexibility index (Phi) is 45.7. The van der Waals surface area contributed by atoms with Gasteiger partial charge in [-0.15, -0.1) is 0 Å². The first-order chi connectivity index (χ1) is 31.1. The van der Waals surface area contributed by atoms with E-state index in [4.69, 9.17) is 14.2 Å². The largest absolute Gasteiger partial charge is 0.544 e. The molecule has 0 N–H and O–H groups in total. The van der Waals surface area contributed by atoms with Gasteiger partial charge in [0.15, 0.2) is 6.10 Å². The average Bonchev–Trinajstić information content (AvgIpc) is 3.26. The normalized spacial score (nSPS) is 13.0. The summed E-state index contributed by atoms with van der Waals surface area (Å²) in [4.78, 5) is 37.1. The molecule has 0 amide bonds. The minimum atomic E-state index is -1.12. The molecule has 0 aliphatic heterocycles. The van der Waals surface area contributed by atoms with Gasteiger partial charge in [0.1, 0.15) is 12.6 Å². The van der Waals surface area contributed by atoms with Gasteiger partial charge in [-0.1, -0.05) is 224 Å². The standard InChI is InChI=1S/C56H105NO7/c1-6-8-10-12-14-16-18-20-22-24-25-26-27-28-29-31-33-35-37-39-41-43-45-47-55(59)64-52(50-62-49-48-53(56(60)61)57(3,4)5)51-63-54(58)46-44-42-40-38-36-34-32-30-23-21-19-17-15-13-11-9-7-2/h18,20,24-25,52-53H,6-17,19,21-23,26-51H2,1-5H3/b20-18-,25-24-. The summed E-state index contributed by atoms with van der Waals surface area (Å²) in [5.41, 5.74) is 0. The summed E-state index contributed by atoms with van der Waals surface area (Å²) in [6.45, 7) is 4.70. The van der Waals surface area contributed by atoms with Gasteiger partial charge in [-0.05, 0) is 44.9 Å². The Morgan fingerprint density at radius 1 is 0.469 bits per heavy atom. The summed E-state index contributed by atoms with van der Waals surface area (Å²) < 4.78 is 17.3. The number of rotatable bonds is 50. The molecule has 0 rings (SSSR count). The van der Waals surface area contributed by atoms with Crippen LogP contribution in [0.15, 0.2) is 24.3 Å². The number of esters is 2. The zero-order valence-corrected chi connectivity index (χ0v) is 43.0. The van der Waals surface area contributed by atoms with E-state index >= 15 is 0 Å². The first kappa shape index (κ1) is 61.8. The lowest BCUT2D eigenvalue weighted by Crippen LogP contribution is -2.55. The number of hydrogen-bond acceptors (Lipinski definition) is 7. The van der Waals surface area contributed by atoms with E-state index in [-0.39, 0.29) is 42.7 Å². The minimum absolute atomic E-state index is 0.0450. The fourth-order valence-electron chi connectivity index (χ4n) is 8.34. The molecule has 0 aliphatic carbocycles. The van der Waals surface area contributed by atoms with Crippen molar-refractivity contribution in [3.8, 4) is 0 Å². The van der Waals surface area contributed by atoms with Crippen LogP contribution >= 0.6 is 0 Å². The van der Waals surface area contributed by atoms with Crippen LogP contribution in [0.2, 0.25) is 0 Å². The maximum absolute atomic E-state index is 12.8. The molecule has 0 fully saturated rings. The Morgan fingerprint density at radius 3 is 1.20 bits per heavy atom. The molecule has 0 aromatic carbocycles. The lowest BCUT2D eigenvalue weighted by atomic mass is 10.0. The second-order valence-electron chi connectivity index (χ2n) is 19.8. The second-order valence-corrected chi connectivity index (χ2v) is 19.8. The molecule has 0 aromatic rings. The summed E-state index contributed by atoms with van der Waals surface area (Å²) in [6, 6.07) is -0.724. The van der Waals surface area contributed by atoms with Crippen LogP contribution in [0.3, 0.4) is 0 Å². The van der Waals surface area contributed by atoms with Crippen molar-refractivity contribution in [2.45, 2.75) is 276 Å². The van der Waals surface area contributed by atoms with Crippen LogP contribution in [0.5, 0.6) is 0 Å². The molecule has 0 saturated carbocycles. The zero-order valence-electron chi connectivity index (χ0n) is 43.0. The van der Waals surface area contributed by atoms with Crippen LogP contribution < -0.4 is 5.11 Å². The van der Waals surface area contributed by atoms with Crippen molar-refractivity contribution in [2.75, 3.05) is 41.0 Å². The monoisotopic (exact) mass is 904 g/mol. The molecule has 0 saturated heterocycles. The van der Waals surface area contributed by atoms with E-state index < -0.39 is 18.1 Å². The number of aliphatic carboxylic acids is 1. The molecular weight excluding hydrogens is 799 g/mol. The fourth-order valence-corrected chi connectivity index (χ4v) is 8.34. The third kappa shape index (κ3) is 45.0. The number of allylic oxidation sites excluding steroid dienone is 4. The summed E-state index contributed by atoms with van der Waals surface area (Å²) in [5.74, 6) is -1.72. The second kappa shape index (κ2) is 47.3. The molecule has 0 aromatic heterocycles. The number of carbonyl (C=O) groups is 3. The van der Waals surface area contributed by atoms with Gasteiger partial charge >= 0.3 is 11.9 Å². The lowest BCUT2D eigenvalue weighted by molar-refractivity contribution is -0.889. The Labute approximate surface area is 396 Å². The van der Waals surface area contributed by atoms with Gasteiger partial charge < -0.3 is 28.6 Å². The maximum Gasteiger partial charge on any atom is 0.306 e. The van der Waals surface area contributed by atoms with E-state index in [0.29, 0.717) is 12.8 Å². The molecule has 8 heteroatoms. The Hall–Kier alpha value is -2.19.